The molecule has 1 aliphatic heterocycles. The third kappa shape index (κ3) is 2.73. The minimum atomic E-state index is 0.134. The predicted molar refractivity (Wildman–Crippen MR) is 87.7 cm³/mol. The second-order valence-corrected chi connectivity index (χ2v) is 7.39. The van der Waals surface area contributed by atoms with Gasteiger partial charge in [0, 0.05) is 35.1 Å². The molecule has 0 aliphatic carbocycles. The maximum Gasteiger partial charge on any atom is 0.0986 e. The molecule has 3 rings (SSSR count). The summed E-state index contributed by atoms with van der Waals surface area (Å²) in [4.78, 5) is 7.29. The topological polar surface area (TPSA) is 16.1 Å². The number of thiazole rings is 1. The molecule has 1 aliphatic rings. The smallest absolute Gasteiger partial charge is 0.0986 e. The van der Waals surface area contributed by atoms with Gasteiger partial charge >= 0.3 is 0 Å². The van der Waals surface area contributed by atoms with Gasteiger partial charge < -0.3 is 4.90 Å². The van der Waals surface area contributed by atoms with Gasteiger partial charge in [-0.15, -0.1) is 11.3 Å². The second kappa shape index (κ2) is 5.21. The highest BCUT2D eigenvalue weighted by atomic mass is 32.1. The van der Waals surface area contributed by atoms with Crippen molar-refractivity contribution < 1.29 is 0 Å². The summed E-state index contributed by atoms with van der Waals surface area (Å²) in [6.45, 7) is 9.03. The lowest BCUT2D eigenvalue weighted by Gasteiger charge is -2.18. The Morgan fingerprint density at radius 1 is 1.15 bits per heavy atom. The molecule has 0 atom stereocenters. The molecule has 0 radical (unpaired) electrons. The summed E-state index contributed by atoms with van der Waals surface area (Å²) in [6.07, 6.45) is 2.63. The van der Waals surface area contributed by atoms with E-state index in [1.54, 1.807) is 11.3 Å². The van der Waals surface area contributed by atoms with Gasteiger partial charge in [0.15, 0.2) is 0 Å². The van der Waals surface area contributed by atoms with E-state index in [2.05, 4.69) is 55.3 Å². The maximum atomic E-state index is 4.82. The predicted octanol–water partition coefficient (Wildman–Crippen LogP) is 4.71. The van der Waals surface area contributed by atoms with E-state index in [0.29, 0.717) is 0 Å². The zero-order valence-corrected chi connectivity index (χ0v) is 13.3. The normalized spacial score (nSPS) is 15.8. The van der Waals surface area contributed by atoms with E-state index in [1.165, 1.54) is 42.2 Å². The van der Waals surface area contributed by atoms with Crippen LogP contribution in [0.1, 0.15) is 38.6 Å². The third-order valence-electron chi connectivity index (χ3n) is 3.76. The summed E-state index contributed by atoms with van der Waals surface area (Å²) < 4.78 is 0. The lowest BCUT2D eigenvalue weighted by Crippen LogP contribution is -2.17. The van der Waals surface area contributed by atoms with Crippen molar-refractivity contribution in [2.24, 2.45) is 0 Å². The molecule has 1 aromatic heterocycles. The van der Waals surface area contributed by atoms with E-state index in [4.69, 9.17) is 4.98 Å². The molecule has 0 saturated carbocycles. The highest BCUT2D eigenvalue weighted by Crippen LogP contribution is 2.31. The Kier molecular flexibility index (Phi) is 3.55. The Bertz CT molecular complexity index is 589. The van der Waals surface area contributed by atoms with Crippen molar-refractivity contribution in [1.82, 2.24) is 4.98 Å². The van der Waals surface area contributed by atoms with Crippen molar-refractivity contribution in [2.45, 2.75) is 39.0 Å². The summed E-state index contributed by atoms with van der Waals surface area (Å²) in [7, 11) is 0. The number of hydrogen-bond donors (Lipinski definition) is 0. The first-order valence-electron chi connectivity index (χ1n) is 7.35. The second-order valence-electron chi connectivity index (χ2n) is 6.53. The van der Waals surface area contributed by atoms with E-state index in [1.807, 2.05) is 0 Å². The zero-order valence-electron chi connectivity index (χ0n) is 12.5. The van der Waals surface area contributed by atoms with Gasteiger partial charge in [-0.3, -0.25) is 0 Å². The number of aromatic nitrogens is 1. The molecular formula is C17H22N2S. The highest BCUT2D eigenvalue weighted by molar-refractivity contribution is 7.10. The first-order valence-corrected chi connectivity index (χ1v) is 8.23. The molecule has 0 unspecified atom stereocenters. The Morgan fingerprint density at radius 3 is 2.55 bits per heavy atom. The lowest BCUT2D eigenvalue weighted by molar-refractivity contribution is 0.586. The number of rotatable bonds is 2. The number of nitrogens with zero attached hydrogens (tertiary/aromatic N) is 2. The summed E-state index contributed by atoms with van der Waals surface area (Å²) in [6, 6.07) is 8.82. The van der Waals surface area contributed by atoms with E-state index in [-0.39, 0.29) is 5.41 Å². The maximum absolute atomic E-state index is 4.82. The van der Waals surface area contributed by atoms with E-state index >= 15 is 0 Å². The molecular weight excluding hydrogens is 264 g/mol. The fraction of sp³-hybridized carbons (Fsp3) is 0.471. The number of hydrogen-bond acceptors (Lipinski definition) is 3. The first kappa shape index (κ1) is 13.6. The van der Waals surface area contributed by atoms with Crippen molar-refractivity contribution in [3.05, 3.63) is 34.7 Å². The van der Waals surface area contributed by atoms with Gasteiger partial charge in [-0.1, -0.05) is 32.9 Å². The minimum Gasteiger partial charge on any atom is -0.372 e. The quantitative estimate of drug-likeness (QED) is 0.795. The van der Waals surface area contributed by atoms with Gasteiger partial charge in [-0.05, 0) is 25.0 Å². The van der Waals surface area contributed by atoms with Gasteiger partial charge in [0.25, 0.3) is 0 Å². The van der Waals surface area contributed by atoms with Gasteiger partial charge in [-0.2, -0.15) is 0 Å². The molecule has 0 spiro atoms. The average molecular weight is 286 g/mol. The van der Waals surface area contributed by atoms with Crippen LogP contribution in [0.25, 0.3) is 11.3 Å². The molecule has 106 valence electrons. The third-order valence-corrected chi connectivity index (χ3v) is 5.03. The van der Waals surface area contributed by atoms with Gasteiger partial charge in [0.05, 0.1) is 10.7 Å². The zero-order chi connectivity index (χ0) is 14.2. The largest absolute Gasteiger partial charge is 0.372 e. The average Bonchev–Trinajstić information content (AvgIpc) is 3.10. The molecule has 1 fully saturated rings. The van der Waals surface area contributed by atoms with Crippen LogP contribution < -0.4 is 4.90 Å². The van der Waals surface area contributed by atoms with Gasteiger partial charge in [-0.25, -0.2) is 4.98 Å². The van der Waals surface area contributed by atoms with E-state index < -0.39 is 0 Å². The van der Waals surface area contributed by atoms with E-state index in [9.17, 15) is 0 Å². The summed E-state index contributed by atoms with van der Waals surface area (Å²) in [5, 5.41) is 3.39. The van der Waals surface area contributed by atoms with Crippen LogP contribution in [0.4, 0.5) is 5.69 Å². The van der Waals surface area contributed by atoms with Crippen LogP contribution in [0.2, 0.25) is 0 Å². The molecule has 2 heterocycles. The van der Waals surface area contributed by atoms with Crippen molar-refractivity contribution in [3.8, 4) is 11.3 Å². The summed E-state index contributed by atoms with van der Waals surface area (Å²) in [5.74, 6) is 0. The van der Waals surface area contributed by atoms with Gasteiger partial charge in [0.1, 0.15) is 0 Å². The van der Waals surface area contributed by atoms with Crippen LogP contribution in [0, 0.1) is 0 Å². The molecule has 1 saturated heterocycles. The molecule has 0 amide bonds. The summed E-state index contributed by atoms with van der Waals surface area (Å²) >= 11 is 1.76. The molecule has 0 bridgehead atoms. The van der Waals surface area contributed by atoms with E-state index in [0.717, 1.165) is 5.69 Å². The van der Waals surface area contributed by atoms with Crippen LogP contribution in [0.5, 0.6) is 0 Å². The van der Waals surface area contributed by atoms with Crippen LogP contribution >= 0.6 is 11.3 Å². The standard InChI is InChI=1S/C17H22N2S/c1-17(2,3)16-18-15(12-20-16)13-7-6-8-14(11-13)19-9-4-5-10-19/h6-8,11-12H,4-5,9-10H2,1-3H3. The van der Waals surface area contributed by atoms with Crippen molar-refractivity contribution >= 4 is 17.0 Å². The summed E-state index contributed by atoms with van der Waals surface area (Å²) in [5.41, 5.74) is 3.82. The lowest BCUT2D eigenvalue weighted by atomic mass is 9.98. The Morgan fingerprint density at radius 2 is 1.90 bits per heavy atom. The number of benzene rings is 1. The van der Waals surface area contributed by atoms with Crippen molar-refractivity contribution in [1.29, 1.82) is 0 Å². The minimum absolute atomic E-state index is 0.134. The van der Waals surface area contributed by atoms with Gasteiger partial charge in [0.2, 0.25) is 0 Å². The molecule has 20 heavy (non-hydrogen) atoms. The Hall–Kier alpha value is -1.35. The van der Waals surface area contributed by atoms with Crippen LogP contribution in [0.15, 0.2) is 29.6 Å². The Labute approximate surface area is 125 Å². The SMILES string of the molecule is CC(C)(C)c1nc(-c2cccc(N3CCCC3)c2)cs1. The molecule has 0 N–H and O–H groups in total. The van der Waals surface area contributed by atoms with Crippen LogP contribution in [0.3, 0.4) is 0 Å². The van der Waals surface area contributed by atoms with Crippen LogP contribution in [-0.2, 0) is 5.41 Å². The fourth-order valence-corrected chi connectivity index (χ4v) is 3.50. The molecule has 2 aromatic rings. The fourth-order valence-electron chi connectivity index (χ4n) is 2.59. The monoisotopic (exact) mass is 286 g/mol. The van der Waals surface area contributed by atoms with Crippen molar-refractivity contribution in [3.63, 3.8) is 0 Å². The highest BCUT2D eigenvalue weighted by Gasteiger charge is 2.19. The molecule has 1 aromatic carbocycles. The van der Waals surface area contributed by atoms with Crippen LogP contribution in [-0.4, -0.2) is 18.1 Å². The molecule has 3 heteroatoms. The van der Waals surface area contributed by atoms with Crippen molar-refractivity contribution in [2.75, 3.05) is 18.0 Å². The first-order chi connectivity index (χ1) is 9.54. The Balaban J connectivity index is 1.90. The number of anilines is 1. The molecule has 2 nitrogen and oxygen atoms in total.